The lowest BCUT2D eigenvalue weighted by Crippen LogP contribution is -2.12. The maximum Gasteiger partial charge on any atom is 0.0464 e. The van der Waals surface area contributed by atoms with Crippen LogP contribution in [0.5, 0.6) is 0 Å². The summed E-state index contributed by atoms with van der Waals surface area (Å²) in [7, 11) is 0. The van der Waals surface area contributed by atoms with E-state index in [1.807, 2.05) is 0 Å². The average Bonchev–Trinajstić information content (AvgIpc) is 2.99. The normalized spacial score (nSPS) is 12.9. The first-order chi connectivity index (χ1) is 19.1. The molecule has 5 aromatic rings. The molecule has 0 N–H and O–H groups in total. The predicted molar refractivity (Wildman–Crippen MR) is 168 cm³/mol. The first kappa shape index (κ1) is 24.9. The molecule has 0 aromatic heterocycles. The predicted octanol–water partition coefficient (Wildman–Crippen LogP) is 10.5. The van der Waals surface area contributed by atoms with Gasteiger partial charge in [0.2, 0.25) is 0 Å². The zero-order valence-corrected chi connectivity index (χ0v) is 22.9. The molecule has 1 aliphatic carbocycles. The van der Waals surface area contributed by atoms with E-state index in [-0.39, 0.29) is 0 Å². The Bertz CT molecular complexity index is 1590. The van der Waals surface area contributed by atoms with Gasteiger partial charge in [-0.1, -0.05) is 91.0 Å². The van der Waals surface area contributed by atoms with Crippen molar-refractivity contribution in [3.8, 4) is 11.1 Å². The number of rotatable bonds is 6. The van der Waals surface area contributed by atoms with Crippen LogP contribution in [-0.2, 0) is 12.8 Å². The summed E-state index contributed by atoms with van der Waals surface area (Å²) in [5, 5.41) is 0. The van der Waals surface area contributed by atoms with E-state index >= 15 is 0 Å². The van der Waals surface area contributed by atoms with E-state index in [1.165, 1.54) is 87.3 Å². The highest BCUT2D eigenvalue weighted by molar-refractivity contribution is 5.79. The Morgan fingerprint density at radius 1 is 0.487 bits per heavy atom. The van der Waals surface area contributed by atoms with Crippen molar-refractivity contribution in [3.63, 3.8) is 0 Å². The van der Waals surface area contributed by atoms with Crippen LogP contribution < -0.4 is 4.90 Å². The fourth-order valence-electron chi connectivity index (χ4n) is 5.52. The summed E-state index contributed by atoms with van der Waals surface area (Å²) in [5.74, 6) is 0. The first-order valence-electron chi connectivity index (χ1n) is 14.1. The molecule has 0 amide bonds. The van der Waals surface area contributed by atoms with Crippen LogP contribution in [0.4, 0.5) is 17.1 Å². The third kappa shape index (κ3) is 5.59. The lowest BCUT2D eigenvalue weighted by Gasteiger charge is -2.28. The summed E-state index contributed by atoms with van der Waals surface area (Å²) in [6.07, 6.45) is 9.36. The lowest BCUT2D eigenvalue weighted by atomic mass is 9.91. The van der Waals surface area contributed by atoms with Crippen molar-refractivity contribution < 1.29 is 0 Å². The monoisotopic (exact) mass is 505 g/mol. The van der Waals surface area contributed by atoms with Gasteiger partial charge >= 0.3 is 0 Å². The molecule has 0 aliphatic heterocycles. The minimum absolute atomic E-state index is 1.18. The molecule has 6 rings (SSSR count). The molecule has 1 heteroatoms. The summed E-state index contributed by atoms with van der Waals surface area (Å²) < 4.78 is 0. The maximum absolute atomic E-state index is 2.41. The first-order valence-corrected chi connectivity index (χ1v) is 14.1. The zero-order valence-electron chi connectivity index (χ0n) is 22.9. The van der Waals surface area contributed by atoms with Crippen LogP contribution in [0, 0.1) is 13.8 Å². The largest absolute Gasteiger partial charge is 0.310 e. The molecule has 0 unspecified atom stereocenters. The van der Waals surface area contributed by atoms with Gasteiger partial charge in [-0.05, 0) is 120 Å². The second-order valence-electron chi connectivity index (χ2n) is 10.7. The van der Waals surface area contributed by atoms with Crippen LogP contribution in [0.25, 0.3) is 23.3 Å². The number of aryl methyl sites for hydroxylation is 4. The van der Waals surface area contributed by atoms with Crippen LogP contribution in [-0.4, -0.2) is 0 Å². The molecule has 5 aromatic carbocycles. The molecule has 0 heterocycles. The minimum atomic E-state index is 1.18. The van der Waals surface area contributed by atoms with Gasteiger partial charge in [-0.3, -0.25) is 0 Å². The van der Waals surface area contributed by atoms with E-state index < -0.39 is 0 Å². The van der Waals surface area contributed by atoms with Gasteiger partial charge in [-0.25, -0.2) is 0 Å². The zero-order chi connectivity index (χ0) is 26.6. The van der Waals surface area contributed by atoms with Gasteiger partial charge < -0.3 is 4.90 Å². The van der Waals surface area contributed by atoms with Crippen molar-refractivity contribution >= 4 is 29.2 Å². The number of hydrogen-bond acceptors (Lipinski definition) is 1. The number of hydrogen-bond donors (Lipinski definition) is 0. The van der Waals surface area contributed by atoms with Crippen LogP contribution in [0.3, 0.4) is 0 Å². The highest BCUT2D eigenvalue weighted by Gasteiger charge is 2.16. The van der Waals surface area contributed by atoms with Gasteiger partial charge in [0, 0.05) is 17.1 Å². The maximum atomic E-state index is 2.41. The summed E-state index contributed by atoms with van der Waals surface area (Å²) in [6, 6.07) is 42.0. The molecule has 1 aliphatic rings. The molecule has 0 atom stereocenters. The Morgan fingerprint density at radius 2 is 1.05 bits per heavy atom. The van der Waals surface area contributed by atoms with Gasteiger partial charge in [0.25, 0.3) is 0 Å². The van der Waals surface area contributed by atoms with Gasteiger partial charge in [0.15, 0.2) is 0 Å². The van der Waals surface area contributed by atoms with Crippen molar-refractivity contribution in [1.29, 1.82) is 0 Å². The van der Waals surface area contributed by atoms with E-state index in [0.29, 0.717) is 0 Å². The lowest BCUT2D eigenvalue weighted by molar-refractivity contribution is 0.685. The fourth-order valence-corrected chi connectivity index (χ4v) is 5.52. The molecule has 39 heavy (non-hydrogen) atoms. The van der Waals surface area contributed by atoms with Gasteiger partial charge in [0.1, 0.15) is 0 Å². The molecule has 0 saturated heterocycles. The molecule has 0 fully saturated rings. The van der Waals surface area contributed by atoms with Crippen LogP contribution in [0.15, 0.2) is 115 Å². The van der Waals surface area contributed by atoms with Crippen molar-refractivity contribution in [2.45, 2.75) is 39.5 Å². The van der Waals surface area contributed by atoms with Crippen molar-refractivity contribution in [2.75, 3.05) is 4.90 Å². The Kier molecular flexibility index (Phi) is 7.15. The standard InChI is InChI=1S/C38H35N/c1-28-12-22-37(26-29(28)2)39(38-25-21-33-10-6-7-11-35(33)27-38)36-23-17-31(18-24-36)14-13-30-15-19-34(20-16-30)32-8-4-3-5-9-32/h3-5,8-9,12-27H,6-7,10-11H2,1-2H3. The van der Waals surface area contributed by atoms with E-state index in [9.17, 15) is 0 Å². The third-order valence-electron chi connectivity index (χ3n) is 7.98. The van der Waals surface area contributed by atoms with Crippen molar-refractivity contribution in [3.05, 3.63) is 149 Å². The third-order valence-corrected chi connectivity index (χ3v) is 7.98. The molecular formula is C38H35N. The summed E-state index contributed by atoms with van der Waals surface area (Å²) in [4.78, 5) is 2.40. The molecular weight excluding hydrogens is 470 g/mol. The van der Waals surface area contributed by atoms with Crippen LogP contribution in [0.2, 0.25) is 0 Å². The minimum Gasteiger partial charge on any atom is -0.310 e. The Labute approximate surface area is 233 Å². The fraction of sp³-hybridized carbons (Fsp3) is 0.158. The molecule has 0 bridgehead atoms. The summed E-state index contributed by atoms with van der Waals surface area (Å²) in [6.45, 7) is 4.38. The van der Waals surface area contributed by atoms with Gasteiger partial charge in [-0.2, -0.15) is 0 Å². The van der Waals surface area contributed by atoms with E-state index in [1.54, 1.807) is 0 Å². The highest BCUT2D eigenvalue weighted by atomic mass is 15.1. The van der Waals surface area contributed by atoms with E-state index in [0.717, 1.165) is 0 Å². The summed E-state index contributed by atoms with van der Waals surface area (Å²) >= 11 is 0. The smallest absolute Gasteiger partial charge is 0.0464 e. The van der Waals surface area contributed by atoms with Crippen molar-refractivity contribution in [2.24, 2.45) is 0 Å². The molecule has 0 spiro atoms. The topological polar surface area (TPSA) is 3.24 Å². The Morgan fingerprint density at radius 3 is 1.74 bits per heavy atom. The molecule has 1 nitrogen and oxygen atoms in total. The van der Waals surface area contributed by atoms with Crippen molar-refractivity contribution in [1.82, 2.24) is 0 Å². The number of benzene rings is 5. The van der Waals surface area contributed by atoms with E-state index in [2.05, 4.69) is 146 Å². The average molecular weight is 506 g/mol. The van der Waals surface area contributed by atoms with Crippen LogP contribution in [0.1, 0.15) is 46.2 Å². The molecule has 0 radical (unpaired) electrons. The van der Waals surface area contributed by atoms with Crippen LogP contribution >= 0.6 is 0 Å². The summed E-state index contributed by atoms with van der Waals surface area (Å²) in [5.41, 5.74) is 14.2. The van der Waals surface area contributed by atoms with Gasteiger partial charge in [-0.15, -0.1) is 0 Å². The number of fused-ring (bicyclic) bond motifs is 1. The van der Waals surface area contributed by atoms with Gasteiger partial charge in [0.05, 0.1) is 0 Å². The number of nitrogens with zero attached hydrogens (tertiary/aromatic N) is 1. The second-order valence-corrected chi connectivity index (χ2v) is 10.7. The Hall–Kier alpha value is -4.36. The SMILES string of the molecule is Cc1ccc(N(c2ccc(C=Cc3ccc(-c4ccccc4)cc3)cc2)c2ccc3c(c2)CCCC3)cc1C. The van der Waals surface area contributed by atoms with E-state index in [4.69, 9.17) is 0 Å². The Balaban J connectivity index is 1.27. The quantitative estimate of drug-likeness (QED) is 0.207. The highest BCUT2D eigenvalue weighted by Crippen LogP contribution is 2.37. The molecule has 192 valence electrons. The molecule has 0 saturated carbocycles. The second kappa shape index (κ2) is 11.2. The number of anilines is 3.